The summed E-state index contributed by atoms with van der Waals surface area (Å²) in [6.07, 6.45) is 6.24. The molecule has 0 amide bonds. The van der Waals surface area contributed by atoms with Gasteiger partial charge in [-0.05, 0) is 19.3 Å². The summed E-state index contributed by atoms with van der Waals surface area (Å²) in [7, 11) is 1.76. The topological polar surface area (TPSA) is 50.9 Å². The van der Waals surface area contributed by atoms with Crippen molar-refractivity contribution in [2.45, 2.75) is 38.1 Å². The molecule has 0 aromatic heterocycles. The average Bonchev–Trinajstić information content (AvgIpc) is 2.89. The fourth-order valence-corrected chi connectivity index (χ4v) is 2.71. The van der Waals surface area contributed by atoms with Crippen molar-refractivity contribution in [1.82, 2.24) is 4.90 Å². The molecule has 4 heteroatoms. The molecule has 1 saturated heterocycles. The zero-order valence-electron chi connectivity index (χ0n) is 10.2. The van der Waals surface area contributed by atoms with Crippen LogP contribution in [0.25, 0.3) is 0 Å². The summed E-state index contributed by atoms with van der Waals surface area (Å²) in [5.74, 6) is 1.38. The fraction of sp³-hybridized carbons (Fsp3) is 0.917. The zero-order valence-corrected chi connectivity index (χ0v) is 10.2. The maximum atomic E-state index is 6.05. The van der Waals surface area contributed by atoms with Gasteiger partial charge in [-0.2, -0.15) is 0 Å². The molecule has 0 radical (unpaired) electrons. The molecule has 1 heterocycles. The van der Waals surface area contributed by atoms with Crippen molar-refractivity contribution >= 4 is 5.96 Å². The van der Waals surface area contributed by atoms with Crippen LogP contribution in [-0.4, -0.2) is 43.7 Å². The molecule has 0 spiro atoms. The number of guanidine groups is 1. The second-order valence-electron chi connectivity index (χ2n) is 4.98. The first-order valence-corrected chi connectivity index (χ1v) is 6.36. The van der Waals surface area contributed by atoms with Crippen molar-refractivity contribution in [1.29, 1.82) is 0 Å². The Morgan fingerprint density at radius 3 is 2.81 bits per heavy atom. The Balaban J connectivity index is 1.83. The summed E-state index contributed by atoms with van der Waals surface area (Å²) in [5.41, 5.74) is 6.05. The quantitative estimate of drug-likeness (QED) is 0.580. The van der Waals surface area contributed by atoms with Gasteiger partial charge in [0.05, 0.1) is 12.6 Å². The summed E-state index contributed by atoms with van der Waals surface area (Å²) in [5, 5.41) is 0. The van der Waals surface area contributed by atoms with Crippen molar-refractivity contribution in [3.8, 4) is 0 Å². The fourth-order valence-electron chi connectivity index (χ4n) is 2.71. The Kier molecular flexibility index (Phi) is 4.04. The van der Waals surface area contributed by atoms with E-state index in [0.717, 1.165) is 25.7 Å². The minimum atomic E-state index is 0.487. The molecule has 2 N–H and O–H groups in total. The first kappa shape index (κ1) is 11.7. The summed E-state index contributed by atoms with van der Waals surface area (Å²) >= 11 is 0. The highest BCUT2D eigenvalue weighted by Crippen LogP contribution is 2.22. The SMILES string of the molecule is COCC1CCN(C(N)=NC2CCCC2)C1. The third-order valence-corrected chi connectivity index (χ3v) is 3.65. The summed E-state index contributed by atoms with van der Waals surface area (Å²) in [6.45, 7) is 2.89. The van der Waals surface area contributed by atoms with Gasteiger partial charge in [0.2, 0.25) is 0 Å². The van der Waals surface area contributed by atoms with Gasteiger partial charge in [-0.1, -0.05) is 12.8 Å². The van der Waals surface area contributed by atoms with E-state index >= 15 is 0 Å². The van der Waals surface area contributed by atoms with Gasteiger partial charge in [0, 0.05) is 26.1 Å². The maximum Gasteiger partial charge on any atom is 0.191 e. The predicted octanol–water partition coefficient (Wildman–Crippen LogP) is 1.21. The molecule has 1 atom stereocenters. The van der Waals surface area contributed by atoms with Crippen molar-refractivity contribution in [3.05, 3.63) is 0 Å². The molecule has 0 aromatic carbocycles. The molecule has 2 rings (SSSR count). The standard InChI is InChI=1S/C12H23N3O/c1-16-9-10-6-7-15(8-10)12(13)14-11-4-2-3-5-11/h10-11H,2-9H2,1H3,(H2,13,14). The van der Waals surface area contributed by atoms with Gasteiger partial charge in [0.1, 0.15) is 0 Å². The third-order valence-electron chi connectivity index (χ3n) is 3.65. The van der Waals surface area contributed by atoms with Crippen LogP contribution in [0.15, 0.2) is 4.99 Å². The molecule has 92 valence electrons. The number of methoxy groups -OCH3 is 1. The molecular weight excluding hydrogens is 202 g/mol. The molecule has 1 aliphatic carbocycles. The molecule has 0 aromatic rings. The Morgan fingerprint density at radius 1 is 1.38 bits per heavy atom. The lowest BCUT2D eigenvalue weighted by molar-refractivity contribution is 0.157. The van der Waals surface area contributed by atoms with Crippen LogP contribution in [0.4, 0.5) is 0 Å². The van der Waals surface area contributed by atoms with Gasteiger partial charge in [-0.15, -0.1) is 0 Å². The monoisotopic (exact) mass is 225 g/mol. The van der Waals surface area contributed by atoms with Crippen LogP contribution in [0.5, 0.6) is 0 Å². The van der Waals surface area contributed by atoms with Crippen molar-refractivity contribution < 1.29 is 4.74 Å². The van der Waals surface area contributed by atoms with Crippen LogP contribution in [0, 0.1) is 5.92 Å². The highest BCUT2D eigenvalue weighted by molar-refractivity contribution is 5.78. The van der Waals surface area contributed by atoms with Gasteiger partial charge in [0.15, 0.2) is 5.96 Å². The lowest BCUT2D eigenvalue weighted by Gasteiger charge is -2.18. The summed E-state index contributed by atoms with van der Waals surface area (Å²) in [4.78, 5) is 6.84. The molecular formula is C12H23N3O. The molecule has 4 nitrogen and oxygen atoms in total. The zero-order chi connectivity index (χ0) is 11.4. The molecule has 16 heavy (non-hydrogen) atoms. The first-order valence-electron chi connectivity index (χ1n) is 6.36. The molecule has 2 aliphatic rings. The number of hydrogen-bond acceptors (Lipinski definition) is 2. The number of hydrogen-bond donors (Lipinski definition) is 1. The Labute approximate surface area is 97.9 Å². The normalized spacial score (nSPS) is 27.9. The number of nitrogens with two attached hydrogens (primary N) is 1. The Morgan fingerprint density at radius 2 is 2.12 bits per heavy atom. The van der Waals surface area contributed by atoms with E-state index in [2.05, 4.69) is 9.89 Å². The highest BCUT2D eigenvalue weighted by Gasteiger charge is 2.24. The summed E-state index contributed by atoms with van der Waals surface area (Å²) in [6, 6.07) is 0.487. The van der Waals surface area contributed by atoms with E-state index in [9.17, 15) is 0 Å². The van der Waals surface area contributed by atoms with E-state index in [-0.39, 0.29) is 0 Å². The van der Waals surface area contributed by atoms with E-state index < -0.39 is 0 Å². The van der Waals surface area contributed by atoms with Gasteiger partial charge in [-0.25, -0.2) is 4.99 Å². The lowest BCUT2D eigenvalue weighted by atomic mass is 10.1. The second-order valence-corrected chi connectivity index (χ2v) is 4.98. The van der Waals surface area contributed by atoms with E-state index in [4.69, 9.17) is 10.5 Å². The predicted molar refractivity (Wildman–Crippen MR) is 65.4 cm³/mol. The van der Waals surface area contributed by atoms with Gasteiger partial charge in [0.25, 0.3) is 0 Å². The average molecular weight is 225 g/mol. The third kappa shape index (κ3) is 2.88. The van der Waals surface area contributed by atoms with E-state index in [0.29, 0.717) is 12.0 Å². The minimum Gasteiger partial charge on any atom is -0.384 e. The number of likely N-dealkylation sites (tertiary alicyclic amines) is 1. The van der Waals surface area contributed by atoms with E-state index in [1.54, 1.807) is 7.11 Å². The Bertz CT molecular complexity index is 249. The summed E-state index contributed by atoms with van der Waals surface area (Å²) < 4.78 is 5.18. The van der Waals surface area contributed by atoms with Crippen molar-refractivity contribution in [3.63, 3.8) is 0 Å². The number of ether oxygens (including phenoxy) is 1. The van der Waals surface area contributed by atoms with E-state index in [1.165, 1.54) is 32.1 Å². The van der Waals surface area contributed by atoms with Crippen LogP contribution >= 0.6 is 0 Å². The number of rotatable bonds is 3. The van der Waals surface area contributed by atoms with Crippen LogP contribution in [-0.2, 0) is 4.74 Å². The maximum absolute atomic E-state index is 6.05. The highest BCUT2D eigenvalue weighted by atomic mass is 16.5. The minimum absolute atomic E-state index is 0.487. The van der Waals surface area contributed by atoms with Crippen molar-refractivity contribution in [2.24, 2.45) is 16.6 Å². The van der Waals surface area contributed by atoms with Crippen LogP contribution < -0.4 is 5.73 Å². The smallest absolute Gasteiger partial charge is 0.191 e. The molecule has 2 fully saturated rings. The number of nitrogens with zero attached hydrogens (tertiary/aromatic N) is 2. The number of aliphatic imine (C=N–C) groups is 1. The molecule has 1 saturated carbocycles. The van der Waals surface area contributed by atoms with Crippen LogP contribution in [0.3, 0.4) is 0 Å². The van der Waals surface area contributed by atoms with Gasteiger partial charge in [-0.3, -0.25) is 0 Å². The largest absolute Gasteiger partial charge is 0.384 e. The Hall–Kier alpha value is -0.770. The van der Waals surface area contributed by atoms with Crippen LogP contribution in [0.1, 0.15) is 32.1 Å². The molecule has 1 unspecified atom stereocenters. The van der Waals surface area contributed by atoms with Crippen LogP contribution in [0.2, 0.25) is 0 Å². The van der Waals surface area contributed by atoms with E-state index in [1.807, 2.05) is 0 Å². The first-order chi connectivity index (χ1) is 7.79. The lowest BCUT2D eigenvalue weighted by Crippen LogP contribution is -2.36. The second kappa shape index (κ2) is 5.53. The van der Waals surface area contributed by atoms with Gasteiger partial charge >= 0.3 is 0 Å². The van der Waals surface area contributed by atoms with Crippen molar-refractivity contribution in [2.75, 3.05) is 26.8 Å². The molecule has 1 aliphatic heterocycles. The van der Waals surface area contributed by atoms with Gasteiger partial charge < -0.3 is 15.4 Å². The molecule has 0 bridgehead atoms.